The second-order valence-corrected chi connectivity index (χ2v) is 7.06. The van der Waals surface area contributed by atoms with Crippen LogP contribution < -0.4 is 0 Å². The highest BCUT2D eigenvalue weighted by atomic mass is 127. The van der Waals surface area contributed by atoms with E-state index >= 15 is 0 Å². The van der Waals surface area contributed by atoms with E-state index < -0.39 is 0 Å². The molecule has 0 aliphatic carbocycles. The zero-order valence-electron chi connectivity index (χ0n) is 14.8. The lowest BCUT2D eigenvalue weighted by Gasteiger charge is -2.34. The number of hydrogen-bond acceptors (Lipinski definition) is 4. The Labute approximate surface area is 172 Å². The van der Waals surface area contributed by atoms with Crippen molar-refractivity contribution < 1.29 is 0 Å². The Bertz CT molecular complexity index is 992. The quantitative estimate of drug-likeness (QED) is 0.604. The highest BCUT2D eigenvalue weighted by molar-refractivity contribution is 14.1. The van der Waals surface area contributed by atoms with Gasteiger partial charge in [0, 0.05) is 10.1 Å². The summed E-state index contributed by atoms with van der Waals surface area (Å²) in [4.78, 5) is 6.51. The van der Waals surface area contributed by atoms with Gasteiger partial charge in [0.1, 0.15) is 12.1 Å². The highest BCUT2D eigenvalue weighted by Gasteiger charge is 2.31. The van der Waals surface area contributed by atoms with Crippen LogP contribution in [0.2, 0.25) is 0 Å². The Morgan fingerprint density at radius 1 is 1.07 bits per heavy atom. The number of nitrogens with zero attached hydrogens (tertiary/aromatic N) is 4. The van der Waals surface area contributed by atoms with Gasteiger partial charge in [-0.3, -0.25) is 0 Å². The average molecular weight is 464 g/mol. The summed E-state index contributed by atoms with van der Waals surface area (Å²) in [5, 5.41) is 19.1. The SMILES string of the molecule is CCN1C(C#N)=C(C#N)N=C(c2ccccc2)C1/C=C(\I)c1ccccc1. The number of aliphatic imine (C=N–C) groups is 1. The first-order valence-corrected chi connectivity index (χ1v) is 9.65. The standard InChI is InChI=1S/C22H17IN4/c1-2-27-20(13-18(23)16-9-5-3-6-10-16)22(17-11-7-4-8-12-17)26-19(14-24)21(27)15-25/h3-13,20H,2H2,1H3/b18-13-. The van der Waals surface area contributed by atoms with Gasteiger partial charge in [0.15, 0.2) is 11.4 Å². The lowest BCUT2D eigenvalue weighted by atomic mass is 9.97. The minimum absolute atomic E-state index is 0.164. The van der Waals surface area contributed by atoms with Crippen molar-refractivity contribution in [1.82, 2.24) is 4.90 Å². The Hall–Kier alpha value is -2.90. The van der Waals surface area contributed by atoms with Crippen molar-refractivity contribution in [1.29, 1.82) is 10.5 Å². The number of hydrogen-bond donors (Lipinski definition) is 0. The summed E-state index contributed by atoms with van der Waals surface area (Å²) in [5.74, 6) is 0. The highest BCUT2D eigenvalue weighted by Crippen LogP contribution is 2.30. The molecule has 2 aromatic carbocycles. The predicted molar refractivity (Wildman–Crippen MR) is 116 cm³/mol. The second kappa shape index (κ2) is 8.66. The van der Waals surface area contributed by atoms with Crippen molar-refractivity contribution in [3.63, 3.8) is 0 Å². The van der Waals surface area contributed by atoms with Crippen molar-refractivity contribution in [2.75, 3.05) is 6.54 Å². The van der Waals surface area contributed by atoms with Crippen LogP contribution in [0.4, 0.5) is 0 Å². The molecule has 0 fully saturated rings. The van der Waals surface area contributed by atoms with Crippen LogP contribution in [0, 0.1) is 22.7 Å². The fraction of sp³-hybridized carbons (Fsp3) is 0.136. The smallest absolute Gasteiger partial charge is 0.175 e. The molecule has 0 amide bonds. The molecule has 0 N–H and O–H groups in total. The van der Waals surface area contributed by atoms with E-state index in [1.807, 2.05) is 60.4 Å². The van der Waals surface area contributed by atoms with E-state index in [0.29, 0.717) is 12.2 Å². The minimum atomic E-state index is -0.226. The summed E-state index contributed by atoms with van der Waals surface area (Å²) in [5.41, 5.74) is 3.31. The van der Waals surface area contributed by atoms with Gasteiger partial charge < -0.3 is 4.90 Å². The van der Waals surface area contributed by atoms with E-state index in [9.17, 15) is 10.5 Å². The maximum atomic E-state index is 9.63. The van der Waals surface area contributed by atoms with Gasteiger partial charge in [0.05, 0.1) is 11.8 Å². The fourth-order valence-corrected chi connectivity index (χ4v) is 3.76. The third-order valence-electron chi connectivity index (χ3n) is 4.34. The van der Waals surface area contributed by atoms with Gasteiger partial charge >= 0.3 is 0 Å². The van der Waals surface area contributed by atoms with Crippen LogP contribution in [0.1, 0.15) is 18.1 Å². The van der Waals surface area contributed by atoms with Crippen LogP contribution in [0.3, 0.4) is 0 Å². The van der Waals surface area contributed by atoms with Crippen molar-refractivity contribution >= 4 is 31.9 Å². The first kappa shape index (κ1) is 18.9. The Balaban J connectivity index is 2.17. The molecule has 2 aromatic rings. The van der Waals surface area contributed by atoms with Gasteiger partial charge in [-0.2, -0.15) is 10.5 Å². The van der Waals surface area contributed by atoms with E-state index in [2.05, 4.69) is 57.9 Å². The van der Waals surface area contributed by atoms with E-state index in [0.717, 1.165) is 20.4 Å². The van der Waals surface area contributed by atoms with E-state index in [-0.39, 0.29) is 11.7 Å². The van der Waals surface area contributed by atoms with Gasteiger partial charge in [0.25, 0.3) is 0 Å². The first-order valence-electron chi connectivity index (χ1n) is 8.57. The van der Waals surface area contributed by atoms with Crippen molar-refractivity contribution in [2.24, 2.45) is 4.99 Å². The second-order valence-electron chi connectivity index (χ2n) is 5.90. The molecule has 1 unspecified atom stereocenters. The van der Waals surface area contributed by atoms with Gasteiger partial charge in [-0.1, -0.05) is 60.7 Å². The molecule has 0 saturated heterocycles. The van der Waals surface area contributed by atoms with E-state index in [1.54, 1.807) is 0 Å². The Morgan fingerprint density at radius 3 is 2.26 bits per heavy atom. The lowest BCUT2D eigenvalue weighted by Crippen LogP contribution is -2.42. The normalized spacial score (nSPS) is 17.2. The maximum absolute atomic E-state index is 9.63. The molecule has 132 valence electrons. The van der Waals surface area contributed by atoms with Gasteiger partial charge in [0.2, 0.25) is 0 Å². The molecule has 27 heavy (non-hydrogen) atoms. The number of halogens is 1. The van der Waals surface area contributed by atoms with Crippen LogP contribution in [0.5, 0.6) is 0 Å². The first-order chi connectivity index (χ1) is 13.2. The zero-order valence-corrected chi connectivity index (χ0v) is 17.0. The van der Waals surface area contributed by atoms with E-state index in [1.165, 1.54) is 0 Å². The van der Waals surface area contributed by atoms with Gasteiger partial charge in [-0.05, 0) is 46.7 Å². The Morgan fingerprint density at radius 2 is 1.70 bits per heavy atom. The number of likely N-dealkylation sites (N-methyl/N-ethyl adjacent to an activating group) is 1. The summed E-state index contributed by atoms with van der Waals surface area (Å²) < 4.78 is 1.07. The molecule has 1 aliphatic rings. The average Bonchev–Trinajstić information content (AvgIpc) is 2.74. The zero-order chi connectivity index (χ0) is 19.2. The summed E-state index contributed by atoms with van der Waals surface area (Å²) in [6.07, 6.45) is 2.11. The molecule has 0 aromatic heterocycles. The molecule has 0 radical (unpaired) electrons. The molecule has 0 bridgehead atoms. The van der Waals surface area contributed by atoms with Crippen molar-refractivity contribution in [3.8, 4) is 12.1 Å². The number of allylic oxidation sites excluding steroid dienone is 2. The molecule has 0 saturated carbocycles. The number of rotatable bonds is 4. The Kier molecular flexibility index (Phi) is 6.05. The van der Waals surface area contributed by atoms with Crippen LogP contribution in [0.15, 0.2) is 83.1 Å². The van der Waals surface area contributed by atoms with Crippen LogP contribution in [-0.4, -0.2) is 23.2 Å². The summed E-state index contributed by atoms with van der Waals surface area (Å²) in [7, 11) is 0. The molecule has 1 aliphatic heterocycles. The van der Waals surface area contributed by atoms with Crippen LogP contribution in [0.25, 0.3) is 3.58 Å². The lowest BCUT2D eigenvalue weighted by molar-refractivity contribution is 0.366. The van der Waals surface area contributed by atoms with E-state index in [4.69, 9.17) is 0 Å². The molecule has 4 nitrogen and oxygen atoms in total. The maximum Gasteiger partial charge on any atom is 0.175 e. The summed E-state index contributed by atoms with van der Waals surface area (Å²) >= 11 is 2.31. The molecular formula is C22H17IN4. The third-order valence-corrected chi connectivity index (χ3v) is 5.32. The molecular weight excluding hydrogens is 447 g/mol. The molecule has 5 heteroatoms. The molecule has 1 heterocycles. The number of benzene rings is 2. The van der Waals surface area contributed by atoms with Gasteiger partial charge in [-0.15, -0.1) is 0 Å². The predicted octanol–water partition coefficient (Wildman–Crippen LogP) is 4.91. The molecule has 1 atom stereocenters. The van der Waals surface area contributed by atoms with Crippen LogP contribution >= 0.6 is 22.6 Å². The topological polar surface area (TPSA) is 63.2 Å². The molecule has 0 spiro atoms. The van der Waals surface area contributed by atoms with Crippen LogP contribution in [-0.2, 0) is 0 Å². The van der Waals surface area contributed by atoms with Crippen molar-refractivity contribution in [2.45, 2.75) is 13.0 Å². The monoisotopic (exact) mass is 464 g/mol. The summed E-state index contributed by atoms with van der Waals surface area (Å²) in [6.45, 7) is 2.58. The minimum Gasteiger partial charge on any atom is -0.349 e. The fourth-order valence-electron chi connectivity index (χ4n) is 3.06. The van der Waals surface area contributed by atoms with Gasteiger partial charge in [-0.25, -0.2) is 4.99 Å². The number of nitriles is 2. The van der Waals surface area contributed by atoms with Crippen molar-refractivity contribution in [3.05, 3.63) is 89.3 Å². The largest absolute Gasteiger partial charge is 0.349 e. The summed E-state index contributed by atoms with van der Waals surface area (Å²) in [6, 6.07) is 23.9. The molecule has 3 rings (SSSR count). The third kappa shape index (κ3) is 3.94.